The molecular formula is C14H21Br2NO2. The van der Waals surface area contributed by atoms with Crippen LogP contribution in [0.1, 0.15) is 32.3 Å². The molecule has 19 heavy (non-hydrogen) atoms. The number of nitrogens with one attached hydrogen (secondary N) is 1. The summed E-state index contributed by atoms with van der Waals surface area (Å²) in [6.07, 6.45) is 1.99. The van der Waals surface area contributed by atoms with E-state index in [2.05, 4.69) is 49.3 Å². The van der Waals surface area contributed by atoms with Gasteiger partial charge in [-0.15, -0.1) is 0 Å². The zero-order valence-electron chi connectivity index (χ0n) is 11.4. The Balaban J connectivity index is 2.57. The van der Waals surface area contributed by atoms with Gasteiger partial charge in [-0.05, 0) is 82.8 Å². The first-order valence-corrected chi connectivity index (χ1v) is 8.09. The molecule has 0 heterocycles. The molecule has 108 valence electrons. The topological polar surface area (TPSA) is 41.5 Å². The van der Waals surface area contributed by atoms with E-state index in [1.54, 1.807) is 0 Å². The van der Waals surface area contributed by atoms with Crippen molar-refractivity contribution in [3.63, 3.8) is 0 Å². The smallest absolute Gasteiger partial charge is 0.148 e. The number of unbranched alkanes of at least 4 members (excludes halogenated alkanes) is 1. The lowest BCUT2D eigenvalue weighted by atomic mass is 10.2. The molecule has 0 aliphatic rings. The predicted octanol–water partition coefficient (Wildman–Crippen LogP) is 3.86. The van der Waals surface area contributed by atoms with Crippen molar-refractivity contribution in [2.75, 3.05) is 13.2 Å². The van der Waals surface area contributed by atoms with Gasteiger partial charge in [-0.1, -0.05) is 0 Å². The van der Waals surface area contributed by atoms with Gasteiger partial charge >= 0.3 is 0 Å². The van der Waals surface area contributed by atoms with Crippen molar-refractivity contribution in [3.05, 3.63) is 26.6 Å². The summed E-state index contributed by atoms with van der Waals surface area (Å²) < 4.78 is 7.67. The summed E-state index contributed by atoms with van der Waals surface area (Å²) in [4.78, 5) is 0. The normalized spacial score (nSPS) is 11.1. The van der Waals surface area contributed by atoms with Crippen LogP contribution in [-0.2, 0) is 6.54 Å². The standard InChI is InChI=1S/C14H21Br2NO2/c1-10(2)19-14-12(15)7-11(8-13(14)16)9-17-5-3-4-6-18/h7-8,10,17-18H,3-6,9H2,1-2H3. The summed E-state index contributed by atoms with van der Waals surface area (Å²) in [6.45, 7) is 6.01. The third-order valence-electron chi connectivity index (χ3n) is 2.50. The molecule has 0 amide bonds. The van der Waals surface area contributed by atoms with Crippen molar-refractivity contribution in [3.8, 4) is 5.75 Å². The van der Waals surface area contributed by atoms with E-state index in [9.17, 15) is 0 Å². The summed E-state index contributed by atoms with van der Waals surface area (Å²) in [5.74, 6) is 0.846. The van der Waals surface area contributed by atoms with Gasteiger partial charge in [0.05, 0.1) is 15.0 Å². The van der Waals surface area contributed by atoms with Gasteiger partial charge in [-0.3, -0.25) is 0 Å². The first kappa shape index (κ1) is 17.0. The Morgan fingerprint density at radius 1 is 1.21 bits per heavy atom. The fourth-order valence-electron chi connectivity index (χ4n) is 1.66. The average Bonchev–Trinajstić information content (AvgIpc) is 2.33. The molecule has 0 spiro atoms. The minimum Gasteiger partial charge on any atom is -0.489 e. The lowest BCUT2D eigenvalue weighted by molar-refractivity contribution is 0.239. The molecule has 0 unspecified atom stereocenters. The number of hydrogen-bond acceptors (Lipinski definition) is 3. The van der Waals surface area contributed by atoms with Gasteiger partial charge in [0.2, 0.25) is 0 Å². The summed E-state index contributed by atoms with van der Waals surface area (Å²) in [6, 6.07) is 4.14. The van der Waals surface area contributed by atoms with Gasteiger partial charge < -0.3 is 15.2 Å². The number of rotatable bonds is 8. The summed E-state index contributed by atoms with van der Waals surface area (Å²) in [7, 11) is 0. The molecule has 0 atom stereocenters. The zero-order valence-corrected chi connectivity index (χ0v) is 14.6. The lowest BCUT2D eigenvalue weighted by Gasteiger charge is -2.15. The molecule has 2 N–H and O–H groups in total. The third kappa shape index (κ3) is 6.25. The van der Waals surface area contributed by atoms with E-state index in [0.29, 0.717) is 0 Å². The predicted molar refractivity (Wildman–Crippen MR) is 85.6 cm³/mol. The van der Waals surface area contributed by atoms with Gasteiger partial charge in [0, 0.05) is 13.2 Å². The van der Waals surface area contributed by atoms with Crippen LogP contribution in [0.2, 0.25) is 0 Å². The van der Waals surface area contributed by atoms with Crippen LogP contribution < -0.4 is 10.1 Å². The van der Waals surface area contributed by atoms with Crippen molar-refractivity contribution < 1.29 is 9.84 Å². The minimum atomic E-state index is 0.148. The minimum absolute atomic E-state index is 0.148. The highest BCUT2D eigenvalue weighted by Gasteiger charge is 2.10. The first-order valence-electron chi connectivity index (χ1n) is 6.50. The van der Waals surface area contributed by atoms with Gasteiger partial charge in [-0.25, -0.2) is 0 Å². The number of ether oxygens (including phenoxy) is 1. The molecule has 0 saturated carbocycles. The molecular weight excluding hydrogens is 374 g/mol. The van der Waals surface area contributed by atoms with Crippen LogP contribution in [0, 0.1) is 0 Å². The fourth-order valence-corrected chi connectivity index (χ4v) is 3.13. The third-order valence-corrected chi connectivity index (χ3v) is 3.68. The van der Waals surface area contributed by atoms with E-state index in [4.69, 9.17) is 9.84 Å². The highest BCUT2D eigenvalue weighted by atomic mass is 79.9. The maximum absolute atomic E-state index is 8.70. The zero-order chi connectivity index (χ0) is 14.3. The number of aliphatic hydroxyl groups excluding tert-OH is 1. The van der Waals surface area contributed by atoms with Gasteiger partial charge in [0.25, 0.3) is 0 Å². The molecule has 0 aliphatic carbocycles. The first-order chi connectivity index (χ1) is 9.04. The van der Waals surface area contributed by atoms with Crippen LogP contribution in [0.4, 0.5) is 0 Å². The SMILES string of the molecule is CC(C)Oc1c(Br)cc(CNCCCCO)cc1Br. The van der Waals surface area contributed by atoms with Crippen LogP contribution in [-0.4, -0.2) is 24.4 Å². The number of benzene rings is 1. The van der Waals surface area contributed by atoms with Crippen molar-refractivity contribution >= 4 is 31.9 Å². The molecule has 0 saturated heterocycles. The fraction of sp³-hybridized carbons (Fsp3) is 0.571. The number of aliphatic hydroxyl groups is 1. The Bertz CT molecular complexity index is 374. The highest BCUT2D eigenvalue weighted by molar-refractivity contribution is 9.11. The van der Waals surface area contributed by atoms with Crippen molar-refractivity contribution in [1.82, 2.24) is 5.32 Å². The number of hydrogen-bond donors (Lipinski definition) is 2. The second-order valence-corrected chi connectivity index (χ2v) is 6.37. The molecule has 3 nitrogen and oxygen atoms in total. The second-order valence-electron chi connectivity index (χ2n) is 4.66. The molecule has 0 fully saturated rings. The highest BCUT2D eigenvalue weighted by Crippen LogP contribution is 2.35. The Hall–Kier alpha value is -0.100. The van der Waals surface area contributed by atoms with E-state index >= 15 is 0 Å². The molecule has 0 radical (unpaired) electrons. The average molecular weight is 395 g/mol. The maximum Gasteiger partial charge on any atom is 0.148 e. The molecule has 0 bridgehead atoms. The Morgan fingerprint density at radius 2 is 1.84 bits per heavy atom. The Labute approximate surface area is 132 Å². The Kier molecular flexibility index (Phi) is 7.99. The van der Waals surface area contributed by atoms with Crippen LogP contribution >= 0.6 is 31.9 Å². The molecule has 1 aromatic rings. The molecule has 0 aromatic heterocycles. The number of halogens is 2. The van der Waals surface area contributed by atoms with Gasteiger partial charge in [0.1, 0.15) is 5.75 Å². The van der Waals surface area contributed by atoms with E-state index < -0.39 is 0 Å². The van der Waals surface area contributed by atoms with Gasteiger partial charge in [0.15, 0.2) is 0 Å². The Morgan fingerprint density at radius 3 is 2.37 bits per heavy atom. The largest absolute Gasteiger partial charge is 0.489 e. The van der Waals surface area contributed by atoms with E-state index in [1.165, 1.54) is 5.56 Å². The summed E-state index contributed by atoms with van der Waals surface area (Å²) >= 11 is 7.09. The quantitative estimate of drug-likeness (QED) is 0.657. The van der Waals surface area contributed by atoms with Crippen molar-refractivity contribution in [2.24, 2.45) is 0 Å². The molecule has 0 aliphatic heterocycles. The molecule has 5 heteroatoms. The second kappa shape index (κ2) is 8.95. The van der Waals surface area contributed by atoms with Crippen molar-refractivity contribution in [1.29, 1.82) is 0 Å². The molecule has 1 aromatic carbocycles. The van der Waals surface area contributed by atoms with Crippen LogP contribution in [0.3, 0.4) is 0 Å². The molecule has 1 rings (SSSR count). The van der Waals surface area contributed by atoms with Crippen molar-refractivity contribution in [2.45, 2.75) is 39.3 Å². The van der Waals surface area contributed by atoms with Crippen LogP contribution in [0.5, 0.6) is 5.75 Å². The summed E-state index contributed by atoms with van der Waals surface area (Å²) in [5.41, 5.74) is 1.19. The van der Waals surface area contributed by atoms with E-state index in [1.807, 2.05) is 13.8 Å². The monoisotopic (exact) mass is 393 g/mol. The van der Waals surface area contributed by atoms with Crippen LogP contribution in [0.15, 0.2) is 21.1 Å². The summed E-state index contributed by atoms with van der Waals surface area (Å²) in [5, 5.41) is 12.1. The van der Waals surface area contributed by atoms with E-state index in [0.717, 1.165) is 40.6 Å². The van der Waals surface area contributed by atoms with Gasteiger partial charge in [-0.2, -0.15) is 0 Å². The van der Waals surface area contributed by atoms with E-state index in [-0.39, 0.29) is 12.7 Å². The van der Waals surface area contributed by atoms with Crippen LogP contribution in [0.25, 0.3) is 0 Å². The lowest BCUT2D eigenvalue weighted by Crippen LogP contribution is -2.15. The maximum atomic E-state index is 8.70.